The maximum absolute atomic E-state index is 12.4. The van der Waals surface area contributed by atoms with Crippen molar-refractivity contribution in [2.24, 2.45) is 28.6 Å². The fourth-order valence-electron chi connectivity index (χ4n) is 6.92. The molecule has 0 amide bonds. The van der Waals surface area contributed by atoms with Crippen LogP contribution in [0.5, 0.6) is 0 Å². The van der Waals surface area contributed by atoms with Crippen molar-refractivity contribution in [1.82, 2.24) is 0 Å². The van der Waals surface area contributed by atoms with Crippen molar-refractivity contribution in [1.29, 1.82) is 0 Å². The van der Waals surface area contributed by atoms with Gasteiger partial charge in [-0.05, 0) is 67.7 Å². The van der Waals surface area contributed by atoms with E-state index in [1.807, 2.05) is 13.8 Å². The summed E-state index contributed by atoms with van der Waals surface area (Å²) >= 11 is 0. The number of hydrogen-bond donors (Lipinski definition) is 3. The number of carbonyl (C=O) groups is 2. The maximum Gasteiger partial charge on any atom is 0.190 e. The van der Waals surface area contributed by atoms with Gasteiger partial charge in [-0.1, -0.05) is 19.4 Å². The molecular weight excluding hydrogens is 332 g/mol. The Balaban J connectivity index is 1.77. The van der Waals surface area contributed by atoms with Crippen LogP contribution in [-0.2, 0) is 9.59 Å². The van der Waals surface area contributed by atoms with Crippen LogP contribution in [0.4, 0.5) is 0 Å². The van der Waals surface area contributed by atoms with Gasteiger partial charge in [0.25, 0.3) is 0 Å². The van der Waals surface area contributed by atoms with Gasteiger partial charge in [0.2, 0.25) is 0 Å². The van der Waals surface area contributed by atoms with Crippen LogP contribution in [0.25, 0.3) is 0 Å². The smallest absolute Gasteiger partial charge is 0.190 e. The lowest BCUT2D eigenvalue weighted by Gasteiger charge is -2.60. The third kappa shape index (κ3) is 2.14. The number of Topliss-reactive ketones (excluding diaryl/α,β-unsaturated/α-hetero) is 1. The first-order valence-corrected chi connectivity index (χ1v) is 9.66. The predicted octanol–water partition coefficient (Wildman–Crippen LogP) is 1.78. The Kier molecular flexibility index (Phi) is 3.52. The fourth-order valence-corrected chi connectivity index (χ4v) is 6.92. The van der Waals surface area contributed by atoms with Crippen LogP contribution in [-0.4, -0.2) is 45.2 Å². The lowest BCUT2D eigenvalue weighted by atomic mass is 9.45. The quantitative estimate of drug-likeness (QED) is 0.694. The maximum atomic E-state index is 12.4. The van der Waals surface area contributed by atoms with E-state index in [0.717, 1.165) is 12.0 Å². The zero-order chi connectivity index (χ0) is 20.6. The van der Waals surface area contributed by atoms with Crippen molar-refractivity contribution in [3.8, 4) is 0 Å². The molecule has 0 aromatic rings. The average molecular weight is 364 g/mol. The third-order valence-corrected chi connectivity index (χ3v) is 8.25. The van der Waals surface area contributed by atoms with Crippen molar-refractivity contribution in [3.05, 3.63) is 11.6 Å². The lowest BCUT2D eigenvalue weighted by molar-refractivity contribution is -0.182. The number of aliphatic hydroxyl groups is 3. The molecule has 26 heavy (non-hydrogen) atoms. The van der Waals surface area contributed by atoms with Gasteiger partial charge in [-0.3, -0.25) is 9.59 Å². The van der Waals surface area contributed by atoms with Crippen LogP contribution in [0.1, 0.15) is 61.5 Å². The first-order chi connectivity index (χ1) is 13.0. The van der Waals surface area contributed by atoms with Crippen LogP contribution < -0.4 is 0 Å². The third-order valence-electron chi connectivity index (χ3n) is 8.25. The molecule has 0 aromatic carbocycles. The molecule has 0 bridgehead atoms. The Labute approximate surface area is 157 Å². The van der Waals surface area contributed by atoms with E-state index in [4.69, 9.17) is 2.74 Å². The highest BCUT2D eigenvalue weighted by Gasteiger charge is 2.68. The van der Waals surface area contributed by atoms with Crippen LogP contribution >= 0.6 is 0 Å². The summed E-state index contributed by atoms with van der Waals surface area (Å²) in [5, 5.41) is 31.8. The summed E-state index contributed by atoms with van der Waals surface area (Å²) < 4.78 is 16.8. The number of fused-ring (bicyclic) bond motifs is 5. The largest absolute Gasteiger partial charge is 0.393 e. The van der Waals surface area contributed by atoms with Gasteiger partial charge >= 0.3 is 0 Å². The van der Waals surface area contributed by atoms with Gasteiger partial charge in [0.15, 0.2) is 11.6 Å². The molecule has 4 aliphatic carbocycles. The van der Waals surface area contributed by atoms with E-state index in [1.165, 1.54) is 6.08 Å². The Morgan fingerprint density at radius 2 is 2.12 bits per heavy atom. The van der Waals surface area contributed by atoms with Crippen LogP contribution in [0, 0.1) is 28.6 Å². The summed E-state index contributed by atoms with van der Waals surface area (Å²) in [7, 11) is 0. The molecule has 5 nitrogen and oxygen atoms in total. The molecule has 0 saturated heterocycles. The second kappa shape index (κ2) is 5.73. The molecule has 0 aliphatic heterocycles. The molecule has 5 heteroatoms. The van der Waals surface area contributed by atoms with Crippen molar-refractivity contribution in [2.75, 3.05) is 6.61 Å². The zero-order valence-corrected chi connectivity index (χ0v) is 15.4. The second-order valence-electron chi connectivity index (χ2n) is 9.19. The molecule has 3 N–H and O–H groups in total. The van der Waals surface area contributed by atoms with Crippen molar-refractivity contribution in [2.45, 2.75) is 70.5 Å². The SMILES string of the molecule is [2H][C@@H]1C(=O)C=C2CC[C@@H]3[C@H]([C@@H](O)C[C@@]4(C)[C@H]3CC[C@]4(O)C(=O)CO)[C@@]2(C)[C@@H]1[2H]. The molecule has 9 atom stereocenters. The first-order valence-electron chi connectivity index (χ1n) is 10.8. The minimum atomic E-state index is -1.64. The van der Waals surface area contributed by atoms with Crippen LogP contribution in [0.3, 0.4) is 0 Å². The van der Waals surface area contributed by atoms with E-state index in [9.17, 15) is 24.9 Å². The summed E-state index contributed by atoms with van der Waals surface area (Å²) in [6, 6.07) is 0. The molecule has 4 aliphatic rings. The zero-order valence-electron chi connectivity index (χ0n) is 17.4. The Morgan fingerprint density at radius 3 is 2.81 bits per heavy atom. The van der Waals surface area contributed by atoms with Crippen LogP contribution in [0.15, 0.2) is 11.6 Å². The number of carbonyl (C=O) groups excluding carboxylic acids is 2. The lowest BCUT2D eigenvalue weighted by Crippen LogP contribution is -2.62. The van der Waals surface area contributed by atoms with Gasteiger partial charge in [-0.15, -0.1) is 0 Å². The van der Waals surface area contributed by atoms with Gasteiger partial charge in [0, 0.05) is 14.6 Å². The molecule has 3 saturated carbocycles. The number of aliphatic hydroxyl groups excluding tert-OH is 2. The molecule has 0 heterocycles. The number of allylic oxidation sites excluding steroid dienone is 1. The first kappa shape index (κ1) is 16.0. The van der Waals surface area contributed by atoms with Gasteiger partial charge in [0.05, 0.1) is 6.10 Å². The summed E-state index contributed by atoms with van der Waals surface area (Å²) in [5.74, 6) is -1.19. The van der Waals surface area contributed by atoms with E-state index in [1.54, 1.807) is 0 Å². The molecule has 0 unspecified atom stereocenters. The molecule has 0 aromatic heterocycles. The summed E-state index contributed by atoms with van der Waals surface area (Å²) in [4.78, 5) is 24.5. The number of hydrogen-bond acceptors (Lipinski definition) is 5. The highest BCUT2D eigenvalue weighted by molar-refractivity contribution is 5.91. The standard InChI is InChI=1S/C21H30O5/c1-19-7-5-13(23)9-12(19)3-4-14-15-6-8-21(26,17(25)11-22)20(15,2)10-16(24)18(14)19/h9,14-16,18,22,24,26H,3-8,10-11H2,1-2H3/t14-,15-,16-,18+,19-,20-,21-/m0/s1/i5D,7D/t5-,7+,14-,15-,16-,18+,19-,20-,21-. The van der Waals surface area contributed by atoms with E-state index in [0.29, 0.717) is 12.8 Å². The van der Waals surface area contributed by atoms with Gasteiger partial charge in [-0.2, -0.15) is 0 Å². The van der Waals surface area contributed by atoms with Crippen LogP contribution in [0.2, 0.25) is 0 Å². The van der Waals surface area contributed by atoms with Gasteiger partial charge in [-0.25, -0.2) is 0 Å². The Hall–Kier alpha value is -1.04. The molecule has 0 radical (unpaired) electrons. The normalized spacial score (nSPS) is 57.3. The Bertz CT molecular complexity index is 753. The highest BCUT2D eigenvalue weighted by atomic mass is 16.3. The monoisotopic (exact) mass is 364 g/mol. The van der Waals surface area contributed by atoms with Gasteiger partial charge in [0.1, 0.15) is 12.2 Å². The van der Waals surface area contributed by atoms with E-state index in [2.05, 4.69) is 0 Å². The second-order valence-corrected chi connectivity index (χ2v) is 9.19. The van der Waals surface area contributed by atoms with Crippen molar-refractivity contribution >= 4 is 11.6 Å². The molecule has 3 fully saturated rings. The van der Waals surface area contributed by atoms with E-state index in [-0.39, 0.29) is 36.4 Å². The topological polar surface area (TPSA) is 94.8 Å². The summed E-state index contributed by atoms with van der Waals surface area (Å²) in [6.07, 6.45) is 1.08. The fraction of sp³-hybridized carbons (Fsp3) is 0.810. The molecular formula is C21H30O5. The van der Waals surface area contributed by atoms with Crippen molar-refractivity contribution in [3.63, 3.8) is 0 Å². The molecule has 4 rings (SSSR count). The average Bonchev–Trinajstić information content (AvgIpc) is 2.92. The van der Waals surface area contributed by atoms with Crippen molar-refractivity contribution < 1.29 is 27.7 Å². The van der Waals surface area contributed by atoms with Gasteiger partial charge < -0.3 is 15.3 Å². The number of rotatable bonds is 2. The highest BCUT2D eigenvalue weighted by Crippen LogP contribution is 2.67. The summed E-state index contributed by atoms with van der Waals surface area (Å²) in [5.41, 5.74) is -2.36. The van der Waals surface area contributed by atoms with E-state index < -0.39 is 47.7 Å². The number of ketones is 2. The predicted molar refractivity (Wildman–Crippen MR) is 95.1 cm³/mol. The minimum absolute atomic E-state index is 0.00432. The Morgan fingerprint density at radius 1 is 1.38 bits per heavy atom. The van der Waals surface area contributed by atoms with E-state index >= 15 is 0 Å². The molecule has 0 spiro atoms. The summed E-state index contributed by atoms with van der Waals surface area (Å²) in [6.45, 7) is 3.04. The molecule has 144 valence electrons. The minimum Gasteiger partial charge on any atom is -0.393 e.